The highest BCUT2D eigenvalue weighted by Crippen LogP contribution is 2.29. The van der Waals surface area contributed by atoms with Gasteiger partial charge < -0.3 is 5.11 Å². The van der Waals surface area contributed by atoms with E-state index in [0.29, 0.717) is 6.42 Å². The van der Waals surface area contributed by atoms with Crippen molar-refractivity contribution in [1.29, 1.82) is 0 Å². The number of nitrogens with zero attached hydrogens (tertiary/aromatic N) is 1. The Morgan fingerprint density at radius 1 is 1.24 bits per heavy atom. The van der Waals surface area contributed by atoms with E-state index < -0.39 is 17.7 Å². The van der Waals surface area contributed by atoms with E-state index in [-0.39, 0.29) is 12.6 Å². The number of halogens is 3. The zero-order valence-corrected chi connectivity index (χ0v) is 11.6. The Labute approximate surface area is 121 Å². The SMILES string of the molecule is O=C(O)CN1CCCCC1Cc1ccc(C(F)(F)F)cc1. The number of alkyl halides is 3. The fraction of sp³-hybridized carbons (Fsp3) is 0.533. The second-order valence-corrected chi connectivity index (χ2v) is 5.41. The van der Waals surface area contributed by atoms with Crippen LogP contribution in [0, 0.1) is 0 Å². The zero-order valence-electron chi connectivity index (χ0n) is 11.6. The third-order valence-electron chi connectivity index (χ3n) is 3.84. The van der Waals surface area contributed by atoms with Crippen LogP contribution in [0.15, 0.2) is 24.3 Å². The van der Waals surface area contributed by atoms with Crippen molar-refractivity contribution in [2.75, 3.05) is 13.1 Å². The lowest BCUT2D eigenvalue weighted by Crippen LogP contribution is -2.43. The van der Waals surface area contributed by atoms with Gasteiger partial charge in [-0.25, -0.2) is 0 Å². The number of piperidine rings is 1. The molecule has 1 unspecified atom stereocenters. The number of likely N-dealkylation sites (tertiary alicyclic amines) is 1. The van der Waals surface area contributed by atoms with Crippen LogP contribution in [0.25, 0.3) is 0 Å². The first kappa shape index (κ1) is 15.8. The average molecular weight is 301 g/mol. The molecular formula is C15H18F3NO2. The number of carbonyl (C=O) groups is 1. The fourth-order valence-electron chi connectivity index (χ4n) is 2.77. The van der Waals surface area contributed by atoms with Gasteiger partial charge in [-0.15, -0.1) is 0 Å². The highest BCUT2D eigenvalue weighted by atomic mass is 19.4. The highest BCUT2D eigenvalue weighted by molar-refractivity contribution is 5.69. The third kappa shape index (κ3) is 4.46. The Balaban J connectivity index is 2.03. The van der Waals surface area contributed by atoms with Crippen LogP contribution in [0.1, 0.15) is 30.4 Å². The van der Waals surface area contributed by atoms with Crippen LogP contribution < -0.4 is 0 Å². The van der Waals surface area contributed by atoms with Gasteiger partial charge in [-0.2, -0.15) is 13.2 Å². The number of carboxylic acid groups (broad SMARTS) is 1. The number of benzene rings is 1. The third-order valence-corrected chi connectivity index (χ3v) is 3.84. The molecular weight excluding hydrogens is 283 g/mol. The second kappa shape index (κ2) is 6.47. The van der Waals surface area contributed by atoms with Gasteiger partial charge >= 0.3 is 12.1 Å². The summed E-state index contributed by atoms with van der Waals surface area (Å²) in [7, 11) is 0. The van der Waals surface area contributed by atoms with Crippen molar-refractivity contribution >= 4 is 5.97 Å². The number of carboxylic acids is 1. The molecule has 1 heterocycles. The maximum atomic E-state index is 12.5. The normalized spacial score (nSPS) is 20.4. The summed E-state index contributed by atoms with van der Waals surface area (Å²) < 4.78 is 37.5. The maximum Gasteiger partial charge on any atom is 0.416 e. The molecule has 0 aromatic heterocycles. The molecule has 1 fully saturated rings. The van der Waals surface area contributed by atoms with Crippen molar-refractivity contribution in [3.63, 3.8) is 0 Å². The topological polar surface area (TPSA) is 40.5 Å². The van der Waals surface area contributed by atoms with Gasteiger partial charge in [0.1, 0.15) is 0 Å². The van der Waals surface area contributed by atoms with Crippen LogP contribution >= 0.6 is 0 Å². The summed E-state index contributed by atoms with van der Waals surface area (Å²) in [6.45, 7) is 0.725. The Bertz CT molecular complexity index is 485. The van der Waals surface area contributed by atoms with E-state index in [1.54, 1.807) is 0 Å². The van der Waals surface area contributed by atoms with Crippen molar-refractivity contribution in [1.82, 2.24) is 4.90 Å². The molecule has 0 spiro atoms. The van der Waals surface area contributed by atoms with Crippen LogP contribution in [0.5, 0.6) is 0 Å². The molecule has 1 aliphatic rings. The van der Waals surface area contributed by atoms with E-state index >= 15 is 0 Å². The Morgan fingerprint density at radius 3 is 2.48 bits per heavy atom. The summed E-state index contributed by atoms with van der Waals surface area (Å²) in [5.41, 5.74) is 0.155. The highest BCUT2D eigenvalue weighted by Gasteiger charge is 2.30. The lowest BCUT2D eigenvalue weighted by molar-refractivity contribution is -0.139. The van der Waals surface area contributed by atoms with Crippen LogP contribution in [0.3, 0.4) is 0 Å². The van der Waals surface area contributed by atoms with Crippen LogP contribution in [0.2, 0.25) is 0 Å². The summed E-state index contributed by atoms with van der Waals surface area (Å²) in [5.74, 6) is -0.866. The molecule has 1 atom stereocenters. The molecule has 0 amide bonds. The first-order valence-corrected chi connectivity index (χ1v) is 6.98. The molecule has 6 heteroatoms. The van der Waals surface area contributed by atoms with Gasteiger partial charge in [0, 0.05) is 6.04 Å². The number of hydrogen-bond acceptors (Lipinski definition) is 2. The number of rotatable bonds is 4. The predicted octanol–water partition coefficient (Wildman–Crippen LogP) is 3.19. The maximum absolute atomic E-state index is 12.5. The van der Waals surface area contributed by atoms with Gasteiger partial charge in [0.15, 0.2) is 0 Å². The van der Waals surface area contributed by atoms with Crippen molar-refractivity contribution in [2.45, 2.75) is 37.9 Å². The largest absolute Gasteiger partial charge is 0.480 e. The molecule has 3 nitrogen and oxygen atoms in total. The van der Waals surface area contributed by atoms with Crippen molar-refractivity contribution < 1.29 is 23.1 Å². The lowest BCUT2D eigenvalue weighted by atomic mass is 9.95. The quantitative estimate of drug-likeness (QED) is 0.928. The van der Waals surface area contributed by atoms with Crippen LogP contribution in [-0.4, -0.2) is 35.1 Å². The molecule has 21 heavy (non-hydrogen) atoms. The minimum absolute atomic E-state index is 0.00863. The van der Waals surface area contributed by atoms with E-state index in [4.69, 9.17) is 5.11 Å². The predicted molar refractivity (Wildman–Crippen MR) is 72.0 cm³/mol. The van der Waals surface area contributed by atoms with Gasteiger partial charge in [-0.1, -0.05) is 18.6 Å². The van der Waals surface area contributed by atoms with Gasteiger partial charge in [0.2, 0.25) is 0 Å². The van der Waals surface area contributed by atoms with E-state index in [1.165, 1.54) is 12.1 Å². The van der Waals surface area contributed by atoms with Gasteiger partial charge in [-0.05, 0) is 43.5 Å². The molecule has 1 saturated heterocycles. The fourth-order valence-corrected chi connectivity index (χ4v) is 2.77. The smallest absolute Gasteiger partial charge is 0.416 e. The van der Waals surface area contributed by atoms with Gasteiger partial charge in [0.05, 0.1) is 12.1 Å². The molecule has 0 bridgehead atoms. The van der Waals surface area contributed by atoms with E-state index in [1.807, 2.05) is 4.90 Å². The number of hydrogen-bond donors (Lipinski definition) is 1. The van der Waals surface area contributed by atoms with Gasteiger partial charge in [0.25, 0.3) is 0 Å². The van der Waals surface area contributed by atoms with Crippen LogP contribution in [0.4, 0.5) is 13.2 Å². The summed E-state index contributed by atoms with van der Waals surface area (Å²) in [6, 6.07) is 5.22. The van der Waals surface area contributed by atoms with Crippen LogP contribution in [-0.2, 0) is 17.4 Å². The molecule has 116 valence electrons. The Hall–Kier alpha value is -1.56. The van der Waals surface area contributed by atoms with E-state index in [9.17, 15) is 18.0 Å². The average Bonchev–Trinajstić information content (AvgIpc) is 2.40. The van der Waals surface area contributed by atoms with Crippen molar-refractivity contribution in [3.05, 3.63) is 35.4 Å². The molecule has 2 rings (SSSR count). The van der Waals surface area contributed by atoms with E-state index in [2.05, 4.69) is 0 Å². The van der Waals surface area contributed by atoms with Crippen molar-refractivity contribution in [3.8, 4) is 0 Å². The standard InChI is InChI=1S/C15H18F3NO2/c16-15(17,18)12-6-4-11(5-7-12)9-13-3-1-2-8-19(13)10-14(20)21/h4-7,13H,1-3,8-10H2,(H,20,21). The summed E-state index contributed by atoms with van der Waals surface area (Å²) in [5, 5.41) is 8.91. The summed E-state index contributed by atoms with van der Waals surface area (Å²) >= 11 is 0. The Morgan fingerprint density at radius 2 is 1.90 bits per heavy atom. The molecule has 0 radical (unpaired) electrons. The molecule has 1 aliphatic heterocycles. The molecule has 1 N–H and O–H groups in total. The molecule has 1 aromatic rings. The minimum atomic E-state index is -4.32. The molecule has 0 aliphatic carbocycles. The van der Waals surface area contributed by atoms with Crippen molar-refractivity contribution in [2.24, 2.45) is 0 Å². The lowest BCUT2D eigenvalue weighted by Gasteiger charge is -2.34. The monoisotopic (exact) mass is 301 g/mol. The summed E-state index contributed by atoms with van der Waals surface area (Å²) in [6.07, 6.45) is -0.851. The summed E-state index contributed by atoms with van der Waals surface area (Å²) in [4.78, 5) is 12.8. The van der Waals surface area contributed by atoms with E-state index in [0.717, 1.165) is 43.5 Å². The zero-order chi connectivity index (χ0) is 15.5. The Kier molecular flexibility index (Phi) is 4.88. The number of aliphatic carboxylic acids is 1. The first-order valence-electron chi connectivity index (χ1n) is 6.98. The first-order chi connectivity index (χ1) is 9.86. The molecule has 1 aromatic carbocycles. The second-order valence-electron chi connectivity index (χ2n) is 5.41. The minimum Gasteiger partial charge on any atom is -0.480 e. The molecule has 0 saturated carbocycles. The van der Waals surface area contributed by atoms with Gasteiger partial charge in [-0.3, -0.25) is 9.69 Å².